The van der Waals surface area contributed by atoms with Gasteiger partial charge in [-0.1, -0.05) is 6.58 Å². The topological polar surface area (TPSA) is 35.9 Å². The van der Waals surface area contributed by atoms with Crippen LogP contribution in [0.25, 0.3) is 0 Å². The van der Waals surface area contributed by atoms with E-state index in [9.17, 15) is 0 Å². The molecule has 0 aromatic heterocycles. The van der Waals surface area contributed by atoms with Crippen molar-refractivity contribution in [2.75, 3.05) is 7.05 Å². The van der Waals surface area contributed by atoms with Gasteiger partial charge in [0.1, 0.15) is 0 Å². The summed E-state index contributed by atoms with van der Waals surface area (Å²) in [6.07, 6.45) is 0.663. The van der Waals surface area contributed by atoms with Gasteiger partial charge in [-0.25, -0.2) is 0 Å². The van der Waals surface area contributed by atoms with Gasteiger partial charge in [0.2, 0.25) is 0 Å². The Kier molecular flexibility index (Phi) is 2.92. The fourth-order valence-electron chi connectivity index (χ4n) is 0.408. The molecule has 0 fully saturated rings. The lowest BCUT2D eigenvalue weighted by molar-refractivity contribution is 0.958. The van der Waals surface area contributed by atoms with E-state index >= 15 is 0 Å². The molecular weight excluding hydrogens is 100 g/mol. The summed E-state index contributed by atoms with van der Waals surface area (Å²) < 4.78 is 0. The Morgan fingerprint density at radius 2 is 2.25 bits per heavy atom. The summed E-state index contributed by atoms with van der Waals surface area (Å²) in [6, 6.07) is 0. The van der Waals surface area contributed by atoms with Crippen molar-refractivity contribution in [3.63, 3.8) is 0 Å². The van der Waals surface area contributed by atoms with Crippen LogP contribution in [-0.4, -0.2) is 12.8 Å². The van der Waals surface area contributed by atoms with Gasteiger partial charge in [-0.3, -0.25) is 0 Å². The van der Waals surface area contributed by atoms with Crippen molar-refractivity contribution in [2.45, 2.75) is 13.3 Å². The van der Waals surface area contributed by atoms with Crippen molar-refractivity contribution >= 4 is 5.71 Å². The van der Waals surface area contributed by atoms with E-state index in [2.05, 4.69) is 11.9 Å². The van der Waals surface area contributed by atoms with Crippen molar-refractivity contribution in [2.24, 2.45) is 0 Å². The van der Waals surface area contributed by atoms with Crippen molar-refractivity contribution in [3.8, 4) is 0 Å². The van der Waals surface area contributed by atoms with E-state index < -0.39 is 0 Å². The number of rotatable bonds is 3. The van der Waals surface area contributed by atoms with Crippen LogP contribution in [0, 0.1) is 5.41 Å². The average molecular weight is 112 g/mol. The summed E-state index contributed by atoms with van der Waals surface area (Å²) in [7, 11) is 1.81. The van der Waals surface area contributed by atoms with Gasteiger partial charge >= 0.3 is 0 Å². The molecule has 0 radical (unpaired) electrons. The minimum Gasteiger partial charge on any atom is -0.392 e. The van der Waals surface area contributed by atoms with Crippen LogP contribution < -0.4 is 5.32 Å². The molecular formula is C6H12N2. The number of hydrogen-bond donors (Lipinski definition) is 2. The third-order valence-corrected chi connectivity index (χ3v) is 0.832. The highest BCUT2D eigenvalue weighted by Gasteiger charge is 1.88. The lowest BCUT2D eigenvalue weighted by atomic mass is 10.2. The first-order valence-corrected chi connectivity index (χ1v) is 2.56. The van der Waals surface area contributed by atoms with E-state index in [1.165, 1.54) is 0 Å². The lowest BCUT2D eigenvalue weighted by Crippen LogP contribution is -2.06. The summed E-state index contributed by atoms with van der Waals surface area (Å²) in [5, 5.41) is 9.89. The SMILES string of the molecule is C=C(CC(C)=N)NC. The number of hydrogen-bond acceptors (Lipinski definition) is 2. The molecule has 2 nitrogen and oxygen atoms in total. The van der Waals surface area contributed by atoms with Crippen molar-refractivity contribution in [1.82, 2.24) is 5.32 Å². The second kappa shape index (κ2) is 3.24. The zero-order valence-corrected chi connectivity index (χ0v) is 5.41. The fraction of sp³-hybridized carbons (Fsp3) is 0.500. The van der Waals surface area contributed by atoms with Crippen LogP contribution in [-0.2, 0) is 0 Å². The van der Waals surface area contributed by atoms with Crippen molar-refractivity contribution in [3.05, 3.63) is 12.3 Å². The van der Waals surface area contributed by atoms with Crippen LogP contribution >= 0.6 is 0 Å². The molecule has 0 saturated carbocycles. The second-order valence-electron chi connectivity index (χ2n) is 1.81. The minimum absolute atomic E-state index is 0.643. The molecule has 0 saturated heterocycles. The molecule has 0 bridgehead atoms. The normalized spacial score (nSPS) is 8.25. The van der Waals surface area contributed by atoms with Crippen molar-refractivity contribution in [1.29, 1.82) is 5.41 Å². The second-order valence-corrected chi connectivity index (χ2v) is 1.81. The molecule has 0 heterocycles. The zero-order valence-electron chi connectivity index (χ0n) is 5.41. The molecule has 0 aliphatic heterocycles. The first-order valence-electron chi connectivity index (χ1n) is 2.56. The van der Waals surface area contributed by atoms with Gasteiger partial charge in [-0.2, -0.15) is 0 Å². The van der Waals surface area contributed by atoms with Crippen LogP contribution in [0.3, 0.4) is 0 Å². The van der Waals surface area contributed by atoms with Crippen LogP contribution in [0.2, 0.25) is 0 Å². The molecule has 46 valence electrons. The average Bonchev–Trinajstić information content (AvgIpc) is 1.65. The Balaban J connectivity index is 3.40. The largest absolute Gasteiger partial charge is 0.392 e. The summed E-state index contributed by atoms with van der Waals surface area (Å²) in [5.41, 5.74) is 1.54. The standard InChI is InChI=1S/C6H12N2/c1-5(7)4-6(2)8-3/h7-8H,2,4H2,1,3H3. The van der Waals surface area contributed by atoms with Gasteiger partial charge in [0.05, 0.1) is 0 Å². The molecule has 0 aliphatic rings. The first kappa shape index (κ1) is 7.21. The molecule has 0 atom stereocenters. The molecule has 0 aliphatic carbocycles. The summed E-state index contributed by atoms with van der Waals surface area (Å²) in [4.78, 5) is 0. The molecule has 0 rings (SSSR count). The molecule has 0 unspecified atom stereocenters. The summed E-state index contributed by atoms with van der Waals surface area (Å²) in [5.74, 6) is 0. The Morgan fingerprint density at radius 1 is 1.75 bits per heavy atom. The summed E-state index contributed by atoms with van der Waals surface area (Å²) in [6.45, 7) is 5.43. The zero-order chi connectivity index (χ0) is 6.57. The maximum atomic E-state index is 7.03. The van der Waals surface area contributed by atoms with Crippen LogP contribution in [0.15, 0.2) is 12.3 Å². The highest BCUT2D eigenvalue weighted by atomic mass is 14.8. The van der Waals surface area contributed by atoms with Crippen LogP contribution in [0.4, 0.5) is 0 Å². The molecule has 8 heavy (non-hydrogen) atoms. The predicted molar refractivity (Wildman–Crippen MR) is 36.2 cm³/mol. The Labute approximate surface area is 50.1 Å². The maximum absolute atomic E-state index is 7.03. The molecule has 0 spiro atoms. The van der Waals surface area contributed by atoms with E-state index in [0.29, 0.717) is 12.1 Å². The van der Waals surface area contributed by atoms with E-state index in [1.807, 2.05) is 7.05 Å². The number of nitrogens with one attached hydrogen (secondary N) is 2. The van der Waals surface area contributed by atoms with E-state index in [1.54, 1.807) is 6.92 Å². The molecule has 2 heteroatoms. The molecule has 0 aromatic rings. The Morgan fingerprint density at radius 3 is 2.38 bits per heavy atom. The summed E-state index contributed by atoms with van der Waals surface area (Å²) >= 11 is 0. The molecule has 2 N–H and O–H groups in total. The van der Waals surface area contributed by atoms with Gasteiger partial charge < -0.3 is 10.7 Å². The maximum Gasteiger partial charge on any atom is 0.0241 e. The Bertz CT molecular complexity index is 105. The monoisotopic (exact) mass is 112 g/mol. The third-order valence-electron chi connectivity index (χ3n) is 0.832. The third kappa shape index (κ3) is 3.40. The van der Waals surface area contributed by atoms with Gasteiger partial charge in [0.15, 0.2) is 0 Å². The molecule has 0 amide bonds. The van der Waals surface area contributed by atoms with Crippen molar-refractivity contribution < 1.29 is 0 Å². The van der Waals surface area contributed by atoms with Crippen LogP contribution in [0.1, 0.15) is 13.3 Å². The first-order chi connectivity index (χ1) is 3.66. The van der Waals surface area contributed by atoms with E-state index in [4.69, 9.17) is 5.41 Å². The predicted octanol–water partition coefficient (Wildman–Crippen LogP) is 1.15. The lowest BCUT2D eigenvalue weighted by Gasteiger charge is -2.00. The number of allylic oxidation sites excluding steroid dienone is 1. The van der Waals surface area contributed by atoms with Crippen LogP contribution in [0.5, 0.6) is 0 Å². The minimum atomic E-state index is 0.643. The van der Waals surface area contributed by atoms with Gasteiger partial charge in [-0.15, -0.1) is 0 Å². The van der Waals surface area contributed by atoms with E-state index in [-0.39, 0.29) is 0 Å². The van der Waals surface area contributed by atoms with Gasteiger partial charge in [-0.05, 0) is 6.92 Å². The smallest absolute Gasteiger partial charge is 0.0241 e. The highest BCUT2D eigenvalue weighted by molar-refractivity contribution is 5.80. The van der Waals surface area contributed by atoms with E-state index in [0.717, 1.165) is 5.70 Å². The quantitative estimate of drug-likeness (QED) is 0.528. The van der Waals surface area contributed by atoms with Gasteiger partial charge in [0.25, 0.3) is 0 Å². The Hall–Kier alpha value is -0.790. The molecule has 0 aromatic carbocycles. The highest BCUT2D eigenvalue weighted by Crippen LogP contribution is 1.90. The fourth-order valence-corrected chi connectivity index (χ4v) is 0.408. The van der Waals surface area contributed by atoms with Gasteiger partial charge in [0, 0.05) is 24.9 Å².